The Labute approximate surface area is 182 Å². The zero-order chi connectivity index (χ0) is 21.7. The van der Waals surface area contributed by atoms with Crippen molar-refractivity contribution < 1.29 is 22.3 Å². The molecule has 10 heteroatoms. The number of anilines is 2. The Balaban J connectivity index is 1.59. The molecular formula is C20H15Cl2FN2O4S. The van der Waals surface area contributed by atoms with E-state index in [1.807, 2.05) is 0 Å². The molecule has 6 nitrogen and oxygen atoms in total. The molecule has 0 fully saturated rings. The number of carbonyl (C=O) groups is 1. The summed E-state index contributed by atoms with van der Waals surface area (Å²) in [4.78, 5) is 12.0. The van der Waals surface area contributed by atoms with Crippen LogP contribution in [0.3, 0.4) is 0 Å². The summed E-state index contributed by atoms with van der Waals surface area (Å²) in [5.41, 5.74) is 0.583. The third kappa shape index (κ3) is 5.85. The molecule has 0 aliphatic carbocycles. The fourth-order valence-corrected chi connectivity index (χ4v) is 3.77. The van der Waals surface area contributed by atoms with E-state index in [0.717, 1.165) is 12.1 Å². The molecular weight excluding hydrogens is 454 g/mol. The smallest absolute Gasteiger partial charge is 0.262 e. The van der Waals surface area contributed by atoms with Gasteiger partial charge in [0.1, 0.15) is 11.6 Å². The minimum atomic E-state index is -3.86. The van der Waals surface area contributed by atoms with Crippen LogP contribution in [0.5, 0.6) is 5.75 Å². The molecule has 3 aromatic rings. The number of carbonyl (C=O) groups excluding carboxylic acids is 1. The predicted octanol–water partition coefficient (Wildman–Crippen LogP) is 4.95. The van der Waals surface area contributed by atoms with E-state index >= 15 is 0 Å². The molecule has 3 rings (SSSR count). The number of rotatable bonds is 7. The van der Waals surface area contributed by atoms with Gasteiger partial charge in [-0.15, -0.1) is 0 Å². The summed E-state index contributed by atoms with van der Waals surface area (Å²) in [6, 6.07) is 15.1. The highest BCUT2D eigenvalue weighted by Gasteiger charge is 2.15. The van der Waals surface area contributed by atoms with Gasteiger partial charge in [0.15, 0.2) is 6.61 Å². The summed E-state index contributed by atoms with van der Waals surface area (Å²) in [7, 11) is -3.86. The topological polar surface area (TPSA) is 84.5 Å². The molecule has 0 spiro atoms. The van der Waals surface area contributed by atoms with Gasteiger partial charge in [-0.25, -0.2) is 12.8 Å². The Kier molecular flexibility index (Phi) is 6.81. The van der Waals surface area contributed by atoms with Crippen LogP contribution >= 0.6 is 23.2 Å². The van der Waals surface area contributed by atoms with E-state index in [1.54, 1.807) is 12.1 Å². The summed E-state index contributed by atoms with van der Waals surface area (Å²) in [5.74, 6) is -0.641. The van der Waals surface area contributed by atoms with Crippen LogP contribution in [0.1, 0.15) is 0 Å². The van der Waals surface area contributed by atoms with Gasteiger partial charge in [0.05, 0.1) is 15.6 Å². The molecule has 0 saturated heterocycles. The number of halogens is 3. The number of amides is 1. The van der Waals surface area contributed by atoms with Gasteiger partial charge in [0.25, 0.3) is 15.9 Å². The lowest BCUT2D eigenvalue weighted by Crippen LogP contribution is -2.20. The second kappa shape index (κ2) is 9.34. The first-order valence-corrected chi connectivity index (χ1v) is 10.7. The Bertz CT molecular complexity index is 1150. The lowest BCUT2D eigenvalue weighted by Gasteiger charge is -2.11. The SMILES string of the molecule is O=C(COc1ccc(S(=O)(=O)Nc2ccc(F)cc2)cc1)Nc1cc(Cl)ccc1Cl. The number of nitrogens with one attached hydrogen (secondary N) is 2. The summed E-state index contributed by atoms with van der Waals surface area (Å²) in [5, 5.41) is 3.32. The lowest BCUT2D eigenvalue weighted by atomic mass is 10.3. The van der Waals surface area contributed by atoms with Crippen LogP contribution in [-0.2, 0) is 14.8 Å². The van der Waals surface area contributed by atoms with Crippen LogP contribution in [0.15, 0.2) is 71.6 Å². The molecule has 2 N–H and O–H groups in total. The lowest BCUT2D eigenvalue weighted by molar-refractivity contribution is -0.118. The van der Waals surface area contributed by atoms with E-state index in [2.05, 4.69) is 10.0 Å². The maximum absolute atomic E-state index is 12.9. The first kappa shape index (κ1) is 21.9. The van der Waals surface area contributed by atoms with E-state index in [0.29, 0.717) is 21.5 Å². The second-order valence-electron chi connectivity index (χ2n) is 6.04. The molecule has 0 radical (unpaired) electrons. The number of hydrogen-bond donors (Lipinski definition) is 2. The standard InChI is InChI=1S/C20H15Cl2FN2O4S/c21-13-1-10-18(22)19(11-13)24-20(26)12-29-16-6-8-17(9-7-16)30(27,28)25-15-4-2-14(23)3-5-15/h1-11,25H,12H2,(H,24,26). The van der Waals surface area contributed by atoms with Crippen molar-refractivity contribution >= 4 is 50.5 Å². The molecule has 1 amide bonds. The molecule has 0 heterocycles. The van der Waals surface area contributed by atoms with Crippen molar-refractivity contribution in [1.29, 1.82) is 0 Å². The third-order valence-corrected chi connectivity index (χ3v) is 5.76. The minimum absolute atomic E-state index is 0.0191. The van der Waals surface area contributed by atoms with Gasteiger partial charge in [-0.1, -0.05) is 23.2 Å². The molecule has 0 saturated carbocycles. The maximum atomic E-state index is 12.9. The molecule has 0 bridgehead atoms. The van der Waals surface area contributed by atoms with E-state index < -0.39 is 21.7 Å². The first-order chi connectivity index (χ1) is 14.2. The van der Waals surface area contributed by atoms with Crippen LogP contribution in [0.25, 0.3) is 0 Å². The van der Waals surface area contributed by atoms with Crippen molar-refractivity contribution in [2.45, 2.75) is 4.90 Å². The molecule has 3 aromatic carbocycles. The fraction of sp³-hybridized carbons (Fsp3) is 0.0500. The first-order valence-electron chi connectivity index (χ1n) is 8.49. The monoisotopic (exact) mass is 468 g/mol. The summed E-state index contributed by atoms with van der Waals surface area (Å²) in [6.07, 6.45) is 0. The van der Waals surface area contributed by atoms with Gasteiger partial charge in [-0.2, -0.15) is 0 Å². The maximum Gasteiger partial charge on any atom is 0.262 e. The van der Waals surface area contributed by atoms with Crippen LogP contribution in [0.4, 0.5) is 15.8 Å². The van der Waals surface area contributed by atoms with E-state index in [1.165, 1.54) is 42.5 Å². The molecule has 0 unspecified atom stereocenters. The normalized spacial score (nSPS) is 11.0. The summed E-state index contributed by atoms with van der Waals surface area (Å²) in [6.45, 7) is -0.317. The van der Waals surface area contributed by atoms with Crippen LogP contribution < -0.4 is 14.8 Å². The quantitative estimate of drug-likeness (QED) is 0.513. The number of hydrogen-bond acceptors (Lipinski definition) is 4. The molecule has 30 heavy (non-hydrogen) atoms. The molecule has 0 aromatic heterocycles. The van der Waals surface area contributed by atoms with Crippen molar-refractivity contribution in [2.75, 3.05) is 16.6 Å². The number of sulfonamides is 1. The van der Waals surface area contributed by atoms with E-state index in [9.17, 15) is 17.6 Å². The van der Waals surface area contributed by atoms with Crippen molar-refractivity contribution in [3.8, 4) is 5.75 Å². The van der Waals surface area contributed by atoms with Crippen LogP contribution in [0, 0.1) is 5.82 Å². The van der Waals surface area contributed by atoms with E-state index in [-0.39, 0.29) is 17.2 Å². The van der Waals surface area contributed by atoms with Gasteiger partial charge in [-0.3, -0.25) is 9.52 Å². The van der Waals surface area contributed by atoms with Gasteiger partial charge in [0.2, 0.25) is 0 Å². The number of benzene rings is 3. The van der Waals surface area contributed by atoms with Gasteiger partial charge < -0.3 is 10.1 Å². The van der Waals surface area contributed by atoms with Crippen molar-refractivity contribution in [3.05, 3.63) is 82.6 Å². The van der Waals surface area contributed by atoms with E-state index in [4.69, 9.17) is 27.9 Å². The molecule has 0 aliphatic heterocycles. The number of ether oxygens (including phenoxy) is 1. The summed E-state index contributed by atoms with van der Waals surface area (Å²) < 4.78 is 45.4. The van der Waals surface area contributed by atoms with Crippen molar-refractivity contribution in [2.24, 2.45) is 0 Å². The third-order valence-electron chi connectivity index (χ3n) is 3.80. The predicted molar refractivity (Wildman–Crippen MR) is 114 cm³/mol. The van der Waals surface area contributed by atoms with Gasteiger partial charge in [-0.05, 0) is 66.7 Å². The zero-order valence-corrected chi connectivity index (χ0v) is 17.6. The Hall–Kier alpha value is -2.81. The highest BCUT2D eigenvalue weighted by Crippen LogP contribution is 2.25. The Morgan fingerprint density at radius 1 is 0.967 bits per heavy atom. The van der Waals surface area contributed by atoms with Crippen LogP contribution in [0.2, 0.25) is 10.0 Å². The highest BCUT2D eigenvalue weighted by atomic mass is 35.5. The fourth-order valence-electron chi connectivity index (χ4n) is 2.38. The van der Waals surface area contributed by atoms with Crippen molar-refractivity contribution in [3.63, 3.8) is 0 Å². The average molecular weight is 469 g/mol. The molecule has 0 atom stereocenters. The van der Waals surface area contributed by atoms with Crippen molar-refractivity contribution in [1.82, 2.24) is 0 Å². The van der Waals surface area contributed by atoms with Crippen LogP contribution in [-0.4, -0.2) is 20.9 Å². The second-order valence-corrected chi connectivity index (χ2v) is 8.57. The molecule has 0 aliphatic rings. The minimum Gasteiger partial charge on any atom is -0.484 e. The summed E-state index contributed by atoms with van der Waals surface area (Å²) >= 11 is 11.9. The average Bonchev–Trinajstić information content (AvgIpc) is 2.71. The largest absolute Gasteiger partial charge is 0.484 e. The van der Waals surface area contributed by atoms with Gasteiger partial charge in [0, 0.05) is 10.7 Å². The van der Waals surface area contributed by atoms with Gasteiger partial charge >= 0.3 is 0 Å². The zero-order valence-electron chi connectivity index (χ0n) is 15.2. The Morgan fingerprint density at radius 3 is 2.30 bits per heavy atom. The highest BCUT2D eigenvalue weighted by molar-refractivity contribution is 7.92. The Morgan fingerprint density at radius 2 is 1.63 bits per heavy atom. The molecule has 156 valence electrons.